The van der Waals surface area contributed by atoms with Gasteiger partial charge in [0.1, 0.15) is 11.6 Å². The number of hydrogen-bond acceptors (Lipinski definition) is 3. The molecule has 0 fully saturated rings. The smallest absolute Gasteiger partial charge is 0.131 e. The molecule has 0 spiro atoms. The molecule has 2 rings (SSSR count). The average Bonchev–Trinajstić information content (AvgIpc) is 2.84. The Morgan fingerprint density at radius 1 is 1.40 bits per heavy atom. The highest BCUT2D eigenvalue weighted by molar-refractivity contribution is 5.30. The predicted octanol–water partition coefficient (Wildman–Crippen LogP) is 2.46. The van der Waals surface area contributed by atoms with Crippen LogP contribution in [0, 0.1) is 5.82 Å². The van der Waals surface area contributed by atoms with Gasteiger partial charge in [-0.3, -0.25) is 4.68 Å². The highest BCUT2D eigenvalue weighted by Gasteiger charge is 2.11. The van der Waals surface area contributed by atoms with Crippen molar-refractivity contribution in [3.05, 3.63) is 47.5 Å². The van der Waals surface area contributed by atoms with Crippen LogP contribution < -0.4 is 10.1 Å². The molecule has 2 aromatic rings. The number of aryl methyl sites for hydroxylation is 1. The topological polar surface area (TPSA) is 39.1 Å². The molecule has 1 unspecified atom stereocenters. The summed E-state index contributed by atoms with van der Waals surface area (Å²) in [6.07, 6.45) is 2.74. The number of halogens is 1. The molecule has 0 amide bonds. The van der Waals surface area contributed by atoms with Gasteiger partial charge in [-0.15, -0.1) is 0 Å². The minimum Gasteiger partial charge on any atom is -0.497 e. The molecule has 108 valence electrons. The largest absolute Gasteiger partial charge is 0.497 e. The number of nitrogens with zero attached hydrogens (tertiary/aromatic N) is 2. The highest BCUT2D eigenvalue weighted by Crippen LogP contribution is 2.21. The van der Waals surface area contributed by atoms with E-state index in [-0.39, 0.29) is 11.9 Å². The second kappa shape index (κ2) is 6.52. The SMILES string of the molecule is COc1ccc(C(C)NCCc2ccn(C)n2)c(F)c1. The summed E-state index contributed by atoms with van der Waals surface area (Å²) in [7, 11) is 3.43. The summed E-state index contributed by atoms with van der Waals surface area (Å²) in [6, 6.07) is 6.87. The van der Waals surface area contributed by atoms with E-state index in [4.69, 9.17) is 4.74 Å². The van der Waals surface area contributed by atoms with Crippen molar-refractivity contribution in [2.24, 2.45) is 7.05 Å². The lowest BCUT2D eigenvalue weighted by Gasteiger charge is -2.15. The molecule has 0 radical (unpaired) electrons. The maximum absolute atomic E-state index is 13.9. The van der Waals surface area contributed by atoms with Gasteiger partial charge >= 0.3 is 0 Å². The van der Waals surface area contributed by atoms with E-state index in [9.17, 15) is 4.39 Å². The van der Waals surface area contributed by atoms with E-state index in [1.165, 1.54) is 13.2 Å². The van der Waals surface area contributed by atoms with Gasteiger partial charge in [0.2, 0.25) is 0 Å². The first-order chi connectivity index (χ1) is 9.60. The van der Waals surface area contributed by atoms with Crippen LogP contribution in [-0.4, -0.2) is 23.4 Å². The van der Waals surface area contributed by atoms with E-state index >= 15 is 0 Å². The first kappa shape index (κ1) is 14.5. The van der Waals surface area contributed by atoms with Crippen LogP contribution in [-0.2, 0) is 13.5 Å². The molecule has 20 heavy (non-hydrogen) atoms. The van der Waals surface area contributed by atoms with Crippen LogP contribution in [0.15, 0.2) is 30.5 Å². The Bertz CT molecular complexity index is 568. The van der Waals surface area contributed by atoms with Crippen LogP contribution in [0.4, 0.5) is 4.39 Å². The molecule has 0 aliphatic heterocycles. The number of methoxy groups -OCH3 is 1. The molecule has 0 saturated carbocycles. The number of benzene rings is 1. The van der Waals surface area contributed by atoms with Crippen molar-refractivity contribution < 1.29 is 9.13 Å². The summed E-state index contributed by atoms with van der Waals surface area (Å²) in [5, 5.41) is 7.61. The zero-order valence-electron chi connectivity index (χ0n) is 12.1. The van der Waals surface area contributed by atoms with E-state index in [0.717, 1.165) is 18.7 Å². The molecule has 0 aliphatic rings. The molecule has 0 bridgehead atoms. The van der Waals surface area contributed by atoms with E-state index < -0.39 is 0 Å². The van der Waals surface area contributed by atoms with Gasteiger partial charge in [-0.05, 0) is 19.1 Å². The standard InChI is InChI=1S/C15H20FN3O/c1-11(14-5-4-13(20-3)10-15(14)16)17-8-6-12-7-9-19(2)18-12/h4-5,7,9-11,17H,6,8H2,1-3H3. The maximum Gasteiger partial charge on any atom is 0.131 e. The molecule has 0 saturated heterocycles. The van der Waals surface area contributed by atoms with Gasteiger partial charge < -0.3 is 10.1 Å². The van der Waals surface area contributed by atoms with Crippen LogP contribution >= 0.6 is 0 Å². The van der Waals surface area contributed by atoms with Crippen LogP contribution in [0.3, 0.4) is 0 Å². The number of nitrogens with one attached hydrogen (secondary N) is 1. The first-order valence-electron chi connectivity index (χ1n) is 6.65. The van der Waals surface area contributed by atoms with Crippen molar-refractivity contribution in [1.29, 1.82) is 0 Å². The monoisotopic (exact) mass is 277 g/mol. The van der Waals surface area contributed by atoms with Crippen molar-refractivity contribution in [3.8, 4) is 5.75 Å². The Kier molecular flexibility index (Phi) is 4.74. The van der Waals surface area contributed by atoms with Crippen molar-refractivity contribution in [2.75, 3.05) is 13.7 Å². The molecule has 1 N–H and O–H groups in total. The van der Waals surface area contributed by atoms with Gasteiger partial charge in [0, 0.05) is 43.9 Å². The Balaban J connectivity index is 1.89. The fourth-order valence-corrected chi connectivity index (χ4v) is 2.11. The van der Waals surface area contributed by atoms with Crippen molar-refractivity contribution in [1.82, 2.24) is 15.1 Å². The van der Waals surface area contributed by atoms with Crippen molar-refractivity contribution in [2.45, 2.75) is 19.4 Å². The third kappa shape index (κ3) is 3.57. The van der Waals surface area contributed by atoms with E-state index in [1.54, 1.807) is 16.8 Å². The number of hydrogen-bond donors (Lipinski definition) is 1. The predicted molar refractivity (Wildman–Crippen MR) is 76.3 cm³/mol. The number of ether oxygens (including phenoxy) is 1. The first-order valence-corrected chi connectivity index (χ1v) is 6.65. The molecule has 5 heteroatoms. The van der Waals surface area contributed by atoms with Gasteiger partial charge in [-0.25, -0.2) is 4.39 Å². The van der Waals surface area contributed by atoms with Gasteiger partial charge in [0.25, 0.3) is 0 Å². The second-order valence-corrected chi connectivity index (χ2v) is 4.79. The van der Waals surface area contributed by atoms with Gasteiger partial charge in [-0.1, -0.05) is 6.07 Å². The van der Waals surface area contributed by atoms with Crippen molar-refractivity contribution >= 4 is 0 Å². The maximum atomic E-state index is 13.9. The lowest BCUT2D eigenvalue weighted by atomic mass is 10.1. The fraction of sp³-hybridized carbons (Fsp3) is 0.400. The quantitative estimate of drug-likeness (QED) is 0.881. The summed E-state index contributed by atoms with van der Waals surface area (Å²) < 4.78 is 20.7. The summed E-state index contributed by atoms with van der Waals surface area (Å²) in [5.74, 6) is 0.286. The minimum atomic E-state index is -0.248. The number of rotatable bonds is 6. The van der Waals surface area contributed by atoms with Crippen LogP contribution in [0.25, 0.3) is 0 Å². The van der Waals surface area contributed by atoms with Crippen LogP contribution in [0.2, 0.25) is 0 Å². The lowest BCUT2D eigenvalue weighted by molar-refractivity contribution is 0.409. The summed E-state index contributed by atoms with van der Waals surface area (Å²) in [5.41, 5.74) is 1.68. The van der Waals surface area contributed by atoms with E-state index in [1.807, 2.05) is 26.2 Å². The Labute approximate surface area is 118 Å². The Morgan fingerprint density at radius 2 is 2.20 bits per heavy atom. The zero-order chi connectivity index (χ0) is 14.5. The molecule has 0 aliphatic carbocycles. The molecule has 1 heterocycles. The lowest BCUT2D eigenvalue weighted by Crippen LogP contribution is -2.22. The highest BCUT2D eigenvalue weighted by atomic mass is 19.1. The molecule has 4 nitrogen and oxygen atoms in total. The third-order valence-electron chi connectivity index (χ3n) is 3.27. The molecule has 1 atom stereocenters. The van der Waals surface area contributed by atoms with Gasteiger partial charge in [0.05, 0.1) is 12.8 Å². The minimum absolute atomic E-state index is 0.0513. The summed E-state index contributed by atoms with van der Waals surface area (Å²) in [6.45, 7) is 2.70. The molecular formula is C15H20FN3O. The van der Waals surface area contributed by atoms with E-state index in [0.29, 0.717) is 11.3 Å². The van der Waals surface area contributed by atoms with Crippen molar-refractivity contribution in [3.63, 3.8) is 0 Å². The van der Waals surface area contributed by atoms with Gasteiger partial charge in [-0.2, -0.15) is 5.10 Å². The summed E-state index contributed by atoms with van der Waals surface area (Å²) >= 11 is 0. The second-order valence-electron chi connectivity index (χ2n) is 4.79. The van der Waals surface area contributed by atoms with E-state index in [2.05, 4.69) is 10.4 Å². The van der Waals surface area contributed by atoms with Crippen LogP contribution in [0.5, 0.6) is 5.75 Å². The molecule has 1 aromatic heterocycles. The van der Waals surface area contributed by atoms with Gasteiger partial charge in [0.15, 0.2) is 0 Å². The Hall–Kier alpha value is -1.88. The van der Waals surface area contributed by atoms with Crippen LogP contribution in [0.1, 0.15) is 24.2 Å². The molecule has 1 aromatic carbocycles. The average molecular weight is 277 g/mol. The summed E-state index contributed by atoms with van der Waals surface area (Å²) in [4.78, 5) is 0. The fourth-order valence-electron chi connectivity index (χ4n) is 2.11. The molecular weight excluding hydrogens is 257 g/mol. The number of aromatic nitrogens is 2. The Morgan fingerprint density at radius 3 is 2.80 bits per heavy atom. The third-order valence-corrected chi connectivity index (χ3v) is 3.27. The zero-order valence-corrected chi connectivity index (χ0v) is 12.1. The normalized spacial score (nSPS) is 12.4.